The van der Waals surface area contributed by atoms with Crippen LogP contribution in [0.3, 0.4) is 0 Å². The van der Waals surface area contributed by atoms with E-state index in [0.717, 1.165) is 0 Å². The van der Waals surface area contributed by atoms with Gasteiger partial charge in [0.1, 0.15) is 23.3 Å². The Morgan fingerprint density at radius 2 is 1.94 bits per heavy atom. The molecule has 1 aliphatic heterocycles. The summed E-state index contributed by atoms with van der Waals surface area (Å²) in [5, 5.41) is 2.91. The number of carbonyl (C=O) groups is 1. The average Bonchev–Trinajstić information content (AvgIpc) is 3.50. The topological polar surface area (TPSA) is 89.7 Å². The van der Waals surface area contributed by atoms with E-state index in [0.29, 0.717) is 43.6 Å². The summed E-state index contributed by atoms with van der Waals surface area (Å²) in [6, 6.07) is 15.6. The second-order valence-corrected chi connectivity index (χ2v) is 8.37. The van der Waals surface area contributed by atoms with Crippen LogP contribution in [0.1, 0.15) is 30.2 Å². The number of amides is 1. The average molecular weight is 446 g/mol. The van der Waals surface area contributed by atoms with Gasteiger partial charge in [0, 0.05) is 11.8 Å². The van der Waals surface area contributed by atoms with Gasteiger partial charge in [-0.25, -0.2) is 4.99 Å². The van der Waals surface area contributed by atoms with Gasteiger partial charge in [0.15, 0.2) is 4.80 Å². The molecule has 4 heterocycles. The number of rotatable bonds is 4. The van der Waals surface area contributed by atoms with E-state index in [2.05, 4.69) is 10.3 Å². The van der Waals surface area contributed by atoms with Crippen LogP contribution in [0.2, 0.25) is 0 Å². The van der Waals surface area contributed by atoms with Crippen molar-refractivity contribution in [1.29, 1.82) is 0 Å². The molecule has 4 aromatic rings. The van der Waals surface area contributed by atoms with Crippen LogP contribution < -0.4 is 20.2 Å². The van der Waals surface area contributed by atoms with E-state index in [-0.39, 0.29) is 11.5 Å². The van der Waals surface area contributed by atoms with Crippen molar-refractivity contribution in [3.8, 4) is 0 Å². The third-order valence-corrected chi connectivity index (χ3v) is 6.13. The number of allylic oxidation sites excluding steroid dienone is 1. The highest BCUT2D eigenvalue weighted by Crippen LogP contribution is 2.31. The maximum absolute atomic E-state index is 13.4. The molecule has 8 heteroatoms. The minimum absolute atomic E-state index is 0.262. The van der Waals surface area contributed by atoms with E-state index in [4.69, 9.17) is 8.83 Å². The molecule has 1 aliphatic rings. The quantitative estimate of drug-likeness (QED) is 0.522. The van der Waals surface area contributed by atoms with Crippen LogP contribution in [0.25, 0.3) is 6.08 Å². The number of para-hydroxylation sites is 1. The molecular formula is C24H19N3O4S. The molecule has 32 heavy (non-hydrogen) atoms. The summed E-state index contributed by atoms with van der Waals surface area (Å²) in [6.07, 6.45) is 3.23. The Kier molecular flexibility index (Phi) is 4.99. The van der Waals surface area contributed by atoms with Crippen LogP contribution in [-0.2, 0) is 4.79 Å². The van der Waals surface area contributed by atoms with Crippen LogP contribution in [-0.4, -0.2) is 10.5 Å². The first-order chi connectivity index (χ1) is 15.5. The van der Waals surface area contributed by atoms with E-state index in [9.17, 15) is 9.59 Å². The Labute approximate surface area is 186 Å². The number of anilines is 1. The molecule has 0 fully saturated rings. The third kappa shape index (κ3) is 3.54. The van der Waals surface area contributed by atoms with Crippen molar-refractivity contribution in [3.63, 3.8) is 0 Å². The van der Waals surface area contributed by atoms with E-state index in [1.807, 2.05) is 31.2 Å². The lowest BCUT2D eigenvalue weighted by molar-refractivity contribution is -0.113. The number of hydrogen-bond acceptors (Lipinski definition) is 6. The molecule has 7 nitrogen and oxygen atoms in total. The summed E-state index contributed by atoms with van der Waals surface area (Å²) in [6.45, 7) is 3.59. The van der Waals surface area contributed by atoms with Crippen LogP contribution in [0.15, 0.2) is 90.8 Å². The molecule has 1 amide bonds. The highest BCUT2D eigenvalue weighted by atomic mass is 32.1. The number of aromatic nitrogens is 1. The van der Waals surface area contributed by atoms with E-state index < -0.39 is 6.04 Å². The molecule has 0 saturated carbocycles. The molecule has 0 aliphatic carbocycles. The number of nitrogens with one attached hydrogen (secondary N) is 1. The number of carbonyl (C=O) groups excluding carboxylic acids is 1. The van der Waals surface area contributed by atoms with Crippen LogP contribution >= 0.6 is 11.3 Å². The molecule has 1 atom stereocenters. The largest absolute Gasteiger partial charge is 0.465 e. The molecule has 1 aromatic carbocycles. The Morgan fingerprint density at radius 3 is 2.62 bits per heavy atom. The van der Waals surface area contributed by atoms with Gasteiger partial charge in [0.2, 0.25) is 0 Å². The van der Waals surface area contributed by atoms with Crippen molar-refractivity contribution in [3.05, 3.63) is 109 Å². The first-order valence-electron chi connectivity index (χ1n) is 10.00. The summed E-state index contributed by atoms with van der Waals surface area (Å²) in [5.41, 5.74) is 1.28. The Balaban J connectivity index is 1.68. The van der Waals surface area contributed by atoms with E-state index in [1.165, 1.54) is 15.9 Å². The number of fused-ring (bicyclic) bond motifs is 1. The van der Waals surface area contributed by atoms with Gasteiger partial charge < -0.3 is 14.2 Å². The van der Waals surface area contributed by atoms with E-state index in [1.54, 1.807) is 49.6 Å². The monoisotopic (exact) mass is 445 g/mol. The smallest absolute Gasteiger partial charge is 0.271 e. The first-order valence-corrected chi connectivity index (χ1v) is 10.8. The summed E-state index contributed by atoms with van der Waals surface area (Å²) < 4.78 is 13.2. The second kappa shape index (κ2) is 7.97. The summed E-state index contributed by atoms with van der Waals surface area (Å²) in [5.74, 6) is 1.42. The molecule has 0 bridgehead atoms. The standard InChI is InChI=1S/C24H19N3O4S/c1-14-10-11-18(31-14)21-20(22(28)26-16-7-4-3-5-8-16)15(2)25-24-27(21)23(29)19(32-24)13-17-9-6-12-30-17/h3-13,21H,1-2H3,(H,26,28)/t21-/m1/s1. The highest BCUT2D eigenvalue weighted by molar-refractivity contribution is 7.07. The zero-order chi connectivity index (χ0) is 22.2. The molecule has 0 radical (unpaired) electrons. The highest BCUT2D eigenvalue weighted by Gasteiger charge is 2.34. The van der Waals surface area contributed by atoms with Crippen molar-refractivity contribution in [1.82, 2.24) is 4.57 Å². The van der Waals surface area contributed by atoms with Crippen LogP contribution in [0.4, 0.5) is 5.69 Å². The molecule has 1 N–H and O–H groups in total. The van der Waals surface area contributed by atoms with Gasteiger partial charge in [-0.15, -0.1) is 0 Å². The maximum atomic E-state index is 13.4. The Morgan fingerprint density at radius 1 is 1.12 bits per heavy atom. The number of hydrogen-bond donors (Lipinski definition) is 1. The Hall–Kier alpha value is -3.91. The number of benzene rings is 1. The lowest BCUT2D eigenvalue weighted by Gasteiger charge is -2.23. The zero-order valence-electron chi connectivity index (χ0n) is 17.4. The predicted molar refractivity (Wildman–Crippen MR) is 121 cm³/mol. The number of furan rings is 2. The van der Waals surface area contributed by atoms with Gasteiger partial charge in [0.05, 0.1) is 22.1 Å². The van der Waals surface area contributed by atoms with Gasteiger partial charge >= 0.3 is 0 Å². The summed E-state index contributed by atoms with van der Waals surface area (Å²) in [7, 11) is 0. The molecular weight excluding hydrogens is 426 g/mol. The van der Waals surface area contributed by atoms with Crippen molar-refractivity contribution in [2.45, 2.75) is 19.9 Å². The zero-order valence-corrected chi connectivity index (χ0v) is 18.2. The fourth-order valence-corrected chi connectivity index (χ4v) is 4.73. The lowest BCUT2D eigenvalue weighted by atomic mass is 10.00. The minimum Gasteiger partial charge on any atom is -0.465 e. The molecule has 0 unspecified atom stereocenters. The van der Waals surface area contributed by atoms with Crippen molar-refractivity contribution in [2.24, 2.45) is 4.99 Å². The van der Waals surface area contributed by atoms with Crippen LogP contribution in [0.5, 0.6) is 0 Å². The third-order valence-electron chi connectivity index (χ3n) is 5.15. The van der Waals surface area contributed by atoms with Gasteiger partial charge in [-0.2, -0.15) is 0 Å². The molecule has 0 spiro atoms. The summed E-state index contributed by atoms with van der Waals surface area (Å²) >= 11 is 1.25. The van der Waals surface area contributed by atoms with Crippen molar-refractivity contribution in [2.75, 3.05) is 5.32 Å². The first kappa shape index (κ1) is 20.0. The van der Waals surface area contributed by atoms with Gasteiger partial charge in [-0.1, -0.05) is 29.5 Å². The van der Waals surface area contributed by atoms with Gasteiger partial charge in [-0.3, -0.25) is 14.2 Å². The SMILES string of the molecule is CC1=C(C(=O)Nc2ccccc2)[C@@H](c2ccc(C)o2)n2c(sc(=Cc3ccco3)c2=O)=N1. The van der Waals surface area contributed by atoms with Gasteiger partial charge in [-0.05, 0) is 50.2 Å². The molecule has 160 valence electrons. The number of nitrogens with zero attached hydrogens (tertiary/aromatic N) is 2. The number of thiazole rings is 1. The fourth-order valence-electron chi connectivity index (χ4n) is 3.70. The predicted octanol–water partition coefficient (Wildman–Crippen LogP) is 3.37. The molecule has 0 saturated heterocycles. The van der Waals surface area contributed by atoms with Crippen molar-refractivity contribution < 1.29 is 13.6 Å². The maximum Gasteiger partial charge on any atom is 0.271 e. The summed E-state index contributed by atoms with van der Waals surface area (Å²) in [4.78, 5) is 31.8. The normalized spacial score (nSPS) is 16.1. The molecule has 3 aromatic heterocycles. The van der Waals surface area contributed by atoms with E-state index >= 15 is 0 Å². The number of aryl methyl sites for hydroxylation is 1. The molecule has 5 rings (SSSR count). The Bertz CT molecular complexity index is 1510. The fraction of sp³-hybridized carbons (Fsp3) is 0.125. The van der Waals surface area contributed by atoms with Crippen LogP contribution in [0, 0.1) is 6.92 Å². The van der Waals surface area contributed by atoms with Crippen molar-refractivity contribution >= 4 is 29.0 Å². The van der Waals surface area contributed by atoms with Gasteiger partial charge in [0.25, 0.3) is 11.5 Å². The minimum atomic E-state index is -0.734. The lowest BCUT2D eigenvalue weighted by Crippen LogP contribution is -2.40. The second-order valence-electron chi connectivity index (χ2n) is 7.37.